The molecule has 0 aliphatic carbocycles. The van der Waals surface area contributed by atoms with Gasteiger partial charge in [-0.1, -0.05) is 169 Å². The third-order valence-electron chi connectivity index (χ3n) is 11.3. The van der Waals surface area contributed by atoms with Gasteiger partial charge in [-0.15, -0.1) is 0 Å². The highest BCUT2D eigenvalue weighted by atomic mass is 15.1. The third-order valence-corrected chi connectivity index (χ3v) is 11.3. The van der Waals surface area contributed by atoms with Crippen LogP contribution >= 0.6 is 0 Å². The van der Waals surface area contributed by atoms with Crippen molar-refractivity contribution in [3.05, 3.63) is 217 Å². The normalized spacial score (nSPS) is 16.4. The summed E-state index contributed by atoms with van der Waals surface area (Å²) in [4.78, 5) is 14.3. The average molecular weight is 852 g/mol. The van der Waals surface area contributed by atoms with Crippen LogP contribution in [0.5, 0.6) is 0 Å². The van der Waals surface area contributed by atoms with E-state index < -0.39 is 178 Å². The Morgan fingerprint density at radius 3 is 1.25 bits per heavy atom. The Hall–Kier alpha value is -9.12. The first-order valence-corrected chi connectivity index (χ1v) is 19.9. The summed E-state index contributed by atoms with van der Waals surface area (Å²) in [6.07, 6.45) is 0. The Kier molecular flexibility index (Phi) is 4.64. The number of nitriles is 1. The maximum absolute atomic E-state index is 12.3. The molecule has 13 aromatic rings. The van der Waals surface area contributed by atoms with Crippen molar-refractivity contribution in [2.45, 2.75) is 0 Å². The molecule has 0 bridgehead atoms. The van der Waals surface area contributed by atoms with Crippen LogP contribution in [0.2, 0.25) is 0 Å². The van der Waals surface area contributed by atoms with E-state index in [1.807, 2.05) is 0 Å². The van der Waals surface area contributed by atoms with Gasteiger partial charge in [0.05, 0.1) is 85.9 Å². The highest BCUT2D eigenvalue weighted by Crippen LogP contribution is 2.46. The number of hydrogen-bond acceptors (Lipinski definition) is 4. The second kappa shape index (κ2) is 14.5. The second-order valence-corrected chi connectivity index (χ2v) is 14.7. The molecule has 0 aliphatic heterocycles. The number of para-hydroxylation sites is 6. The van der Waals surface area contributed by atoms with Crippen LogP contribution in [-0.4, -0.2) is 28.7 Å². The molecule has 0 aliphatic rings. The van der Waals surface area contributed by atoms with Crippen molar-refractivity contribution in [2.24, 2.45) is 0 Å². The molecule has 0 atom stereocenters. The molecule has 65 heavy (non-hydrogen) atoms. The van der Waals surface area contributed by atoms with Crippen molar-refractivity contribution in [3.8, 4) is 57.3 Å². The van der Waals surface area contributed by atoms with Gasteiger partial charge in [0.25, 0.3) is 0 Å². The number of aromatic nitrogens is 6. The lowest BCUT2D eigenvalue weighted by Crippen LogP contribution is -2.12. The van der Waals surface area contributed by atoms with Crippen molar-refractivity contribution in [1.82, 2.24) is 28.7 Å². The number of rotatable bonds is 6. The third kappa shape index (κ3) is 5.51. The van der Waals surface area contributed by atoms with Crippen molar-refractivity contribution >= 4 is 65.4 Å². The topological polar surface area (TPSA) is 77.2 Å². The molecule has 0 fully saturated rings. The van der Waals surface area contributed by atoms with Gasteiger partial charge in [-0.3, -0.25) is 0 Å². The summed E-state index contributed by atoms with van der Waals surface area (Å²) < 4.78 is 204. The van der Waals surface area contributed by atoms with Crippen LogP contribution in [0, 0.1) is 11.3 Å². The first-order valence-electron chi connectivity index (χ1n) is 30.9. The van der Waals surface area contributed by atoms with Crippen molar-refractivity contribution in [3.63, 3.8) is 0 Å². The van der Waals surface area contributed by atoms with Gasteiger partial charge in [0.15, 0.2) is 17.5 Å². The minimum Gasteiger partial charge on any atom is -0.308 e. The van der Waals surface area contributed by atoms with Gasteiger partial charge >= 0.3 is 0 Å². The van der Waals surface area contributed by atoms with E-state index in [0.29, 0.717) is 0 Å². The number of fused-ring (bicyclic) bond motifs is 9. The Morgan fingerprint density at radius 1 is 0.385 bits per heavy atom. The summed E-state index contributed by atoms with van der Waals surface area (Å²) in [6.45, 7) is 0. The van der Waals surface area contributed by atoms with Crippen molar-refractivity contribution in [2.75, 3.05) is 0 Å². The van der Waals surface area contributed by atoms with E-state index in [2.05, 4.69) is 11.1 Å². The summed E-state index contributed by atoms with van der Waals surface area (Å²) in [7, 11) is 0. The van der Waals surface area contributed by atoms with Crippen LogP contribution in [0.1, 0.15) is 35.7 Å². The van der Waals surface area contributed by atoms with Crippen LogP contribution in [-0.2, 0) is 0 Å². The quantitative estimate of drug-likeness (QED) is 0.167. The first-order chi connectivity index (χ1) is 41.4. The van der Waals surface area contributed by atoms with E-state index in [0.717, 1.165) is 0 Å². The van der Waals surface area contributed by atoms with E-state index in [9.17, 15) is 19.0 Å². The number of hydrogen-bond donors (Lipinski definition) is 0. The maximum atomic E-state index is 12.3. The summed E-state index contributed by atoms with van der Waals surface area (Å²) >= 11 is 0. The molecule has 13 rings (SSSR count). The highest BCUT2D eigenvalue weighted by Gasteiger charge is 2.31. The maximum Gasteiger partial charge on any atom is 0.168 e. The van der Waals surface area contributed by atoms with Crippen molar-refractivity contribution in [1.29, 1.82) is 5.26 Å². The fraction of sp³-hybridized carbons (Fsp3) is 0. The van der Waals surface area contributed by atoms with Gasteiger partial charge in [0.2, 0.25) is 0 Å². The van der Waals surface area contributed by atoms with Gasteiger partial charge in [-0.05, 0) is 42.4 Å². The fourth-order valence-corrected chi connectivity index (χ4v) is 8.72. The standard InChI is InChI=1S/C58H35N7/c59-36-45-52(63-46-29-13-7-23-39(46)40-24-8-14-30-47(40)63)35-53(64-48-31-15-9-25-41(48)42-26-10-16-32-49(42)64)54(55(45)65-50-33-17-11-27-43(50)44-28-12-18-34-51(44)65)58-61-56(37-19-3-1-4-20-37)60-57(62-58)38-21-5-2-6-22-38/h1-35H/i1D,2D,3D,4D,5D,6D,7D,9D,11D,13D,15D,17D,19D,20D,21D,22D,23D,25D,27D,29D,31D,33D. The van der Waals surface area contributed by atoms with Crippen LogP contribution in [0.25, 0.3) is 117 Å². The summed E-state index contributed by atoms with van der Waals surface area (Å²) in [5.74, 6) is -2.21. The molecule has 0 saturated heterocycles. The van der Waals surface area contributed by atoms with Gasteiger partial charge in [0.1, 0.15) is 11.6 Å². The lowest BCUT2D eigenvalue weighted by atomic mass is 9.99. The molecule has 0 unspecified atom stereocenters. The Labute approximate surface area is 403 Å². The predicted octanol–water partition coefficient (Wildman–Crippen LogP) is 14.0. The molecule has 0 saturated carbocycles. The molecule has 302 valence electrons. The van der Waals surface area contributed by atoms with E-state index in [4.69, 9.17) is 26.4 Å². The van der Waals surface area contributed by atoms with Gasteiger partial charge < -0.3 is 13.7 Å². The zero-order valence-electron chi connectivity index (χ0n) is 55.1. The molecular weight excluding hydrogens is 795 g/mol. The van der Waals surface area contributed by atoms with Crippen LogP contribution in [0.15, 0.2) is 212 Å². The summed E-state index contributed by atoms with van der Waals surface area (Å²) in [6, 6.07) is 6.87. The molecule has 0 amide bonds. The predicted molar refractivity (Wildman–Crippen MR) is 264 cm³/mol. The molecule has 7 nitrogen and oxygen atoms in total. The number of benzene rings is 9. The smallest absolute Gasteiger partial charge is 0.168 e. The molecule has 4 aromatic heterocycles. The minimum atomic E-state index is -0.869. The molecule has 0 N–H and O–H groups in total. The molecule has 7 heteroatoms. The Balaban J connectivity index is 1.40. The molecule has 0 radical (unpaired) electrons. The zero-order valence-corrected chi connectivity index (χ0v) is 33.1. The first kappa shape index (κ1) is 20.8. The molecule has 9 aromatic carbocycles. The summed E-state index contributed by atoms with van der Waals surface area (Å²) in [5.41, 5.74) is -3.39. The van der Waals surface area contributed by atoms with Crippen LogP contribution in [0.3, 0.4) is 0 Å². The zero-order chi connectivity index (χ0) is 62.2. The molecular formula is C58H35N7. The largest absolute Gasteiger partial charge is 0.308 e. The van der Waals surface area contributed by atoms with Gasteiger partial charge in [-0.25, -0.2) is 15.0 Å². The average Bonchev–Trinajstić information content (AvgIpc) is 1.69. The summed E-state index contributed by atoms with van der Waals surface area (Å²) in [5, 5.41) is 12.9. The van der Waals surface area contributed by atoms with Crippen LogP contribution in [0.4, 0.5) is 0 Å². The van der Waals surface area contributed by atoms with Gasteiger partial charge in [-0.2, -0.15) is 5.26 Å². The van der Waals surface area contributed by atoms with Crippen molar-refractivity contribution < 1.29 is 30.2 Å². The monoisotopic (exact) mass is 851 g/mol. The fourth-order valence-electron chi connectivity index (χ4n) is 8.72. The molecule has 0 spiro atoms. The Morgan fingerprint density at radius 2 is 0.769 bits per heavy atom. The van der Waals surface area contributed by atoms with Crippen LogP contribution < -0.4 is 0 Å². The van der Waals surface area contributed by atoms with E-state index in [-0.39, 0.29) is 76.8 Å². The van der Waals surface area contributed by atoms with E-state index in [1.54, 1.807) is 66.7 Å². The van der Waals surface area contributed by atoms with E-state index in [1.165, 1.54) is 25.8 Å². The second-order valence-electron chi connectivity index (χ2n) is 14.7. The lowest BCUT2D eigenvalue weighted by molar-refractivity contribution is 1.04. The Bertz CT molecular complexity index is 5270. The van der Waals surface area contributed by atoms with Gasteiger partial charge in [0, 0.05) is 43.4 Å². The van der Waals surface area contributed by atoms with E-state index >= 15 is 0 Å². The SMILES string of the molecule is [2H]c1c([2H])c([2H])c(-c2nc(-c3c([2H])c([2H])c([2H])c([2H])c3[2H])nc(-c3c(-n4c5ccccc5c5c([2H])c([2H])c([2H])c([2H])c54)cc(-n4c5ccccc5c5c([2H])c([2H])c([2H])c([2H])c54)c(C#N)c3-n3c4ccccc4c4c([2H])c([2H])c([2H])c([2H])c43)n2)c([2H])c1[2H]. The lowest BCUT2D eigenvalue weighted by Gasteiger charge is -2.24. The number of nitrogens with zero attached hydrogens (tertiary/aromatic N) is 7. The molecule has 4 heterocycles. The minimum absolute atomic E-state index is 0.00798. The highest BCUT2D eigenvalue weighted by molar-refractivity contribution is 6.13.